The molecule has 2 aromatic rings. The molecule has 1 fully saturated rings. The summed E-state index contributed by atoms with van der Waals surface area (Å²) in [6, 6.07) is 6.96. The summed E-state index contributed by atoms with van der Waals surface area (Å²) in [5, 5.41) is 1.34. The molecule has 1 aromatic heterocycles. The Hall–Kier alpha value is -1.32. The van der Waals surface area contributed by atoms with Crippen LogP contribution in [0.3, 0.4) is 0 Å². The summed E-state index contributed by atoms with van der Waals surface area (Å²) in [7, 11) is 0. The molecule has 0 saturated carbocycles. The Bertz CT molecular complexity index is 529. The number of nitrogens with one attached hydrogen (secondary N) is 1. The van der Waals surface area contributed by atoms with E-state index in [1.807, 2.05) is 0 Å². The van der Waals surface area contributed by atoms with E-state index in [-0.39, 0.29) is 0 Å². The number of aromatic amines is 1. The molecule has 1 atom stereocenters. The predicted octanol–water partition coefficient (Wildman–Crippen LogP) is 2.01. The third-order valence-electron chi connectivity index (χ3n) is 3.63. The zero-order chi connectivity index (χ0) is 11.8. The first-order chi connectivity index (χ1) is 8.22. The molecule has 3 rings (SSSR count). The molecule has 90 valence electrons. The number of H-pyrrole nitrogens is 1. The molecule has 0 spiro atoms. The number of fused-ring (bicyclic) bond motifs is 1. The van der Waals surface area contributed by atoms with Crippen LogP contribution < -0.4 is 5.73 Å². The molecular weight excluding hydrogens is 210 g/mol. The van der Waals surface area contributed by atoms with Gasteiger partial charge in [0.2, 0.25) is 0 Å². The van der Waals surface area contributed by atoms with Crippen molar-refractivity contribution in [3.8, 4) is 0 Å². The van der Waals surface area contributed by atoms with Crippen molar-refractivity contribution < 1.29 is 0 Å². The Morgan fingerprint density at radius 2 is 2.35 bits per heavy atom. The zero-order valence-electron chi connectivity index (χ0n) is 10.2. The van der Waals surface area contributed by atoms with E-state index in [9.17, 15) is 0 Å². The minimum atomic E-state index is 0.363. The highest BCUT2D eigenvalue weighted by atomic mass is 15.2. The first-order valence-electron chi connectivity index (χ1n) is 6.27. The van der Waals surface area contributed by atoms with Gasteiger partial charge >= 0.3 is 0 Å². The highest BCUT2D eigenvalue weighted by Crippen LogP contribution is 2.22. The van der Waals surface area contributed by atoms with Crippen molar-refractivity contribution in [3.05, 3.63) is 35.5 Å². The number of benzene rings is 1. The summed E-state index contributed by atoms with van der Waals surface area (Å²) in [5.74, 6) is 0. The Labute approximate surface area is 102 Å². The minimum absolute atomic E-state index is 0.363. The molecule has 1 aliphatic rings. The number of hydrogen-bond donors (Lipinski definition) is 2. The molecule has 17 heavy (non-hydrogen) atoms. The van der Waals surface area contributed by atoms with Gasteiger partial charge in [-0.15, -0.1) is 0 Å². The standard InChI is InChI=1S/C14H19N3/c1-10-2-3-13-11(7-16-14(13)6-10)8-17-5-4-12(15)9-17/h2-3,6-7,12,16H,4-5,8-9,15H2,1H3/t12-/m1/s1. The van der Waals surface area contributed by atoms with Crippen LogP contribution in [0.1, 0.15) is 17.5 Å². The number of hydrogen-bond acceptors (Lipinski definition) is 2. The maximum Gasteiger partial charge on any atom is 0.0459 e. The normalized spacial score (nSPS) is 21.4. The van der Waals surface area contributed by atoms with Crippen LogP contribution in [0, 0.1) is 6.92 Å². The van der Waals surface area contributed by atoms with Gasteiger partial charge in [0.1, 0.15) is 0 Å². The lowest BCUT2D eigenvalue weighted by atomic mass is 10.1. The highest BCUT2D eigenvalue weighted by molar-refractivity contribution is 5.83. The largest absolute Gasteiger partial charge is 0.361 e. The fourth-order valence-corrected chi connectivity index (χ4v) is 2.68. The van der Waals surface area contributed by atoms with Gasteiger partial charge in [0.25, 0.3) is 0 Å². The quantitative estimate of drug-likeness (QED) is 0.827. The predicted molar refractivity (Wildman–Crippen MR) is 70.9 cm³/mol. The molecule has 3 heteroatoms. The van der Waals surface area contributed by atoms with Gasteiger partial charge in [-0.3, -0.25) is 4.90 Å². The molecule has 0 aliphatic carbocycles. The van der Waals surface area contributed by atoms with Crippen LogP contribution in [-0.4, -0.2) is 29.0 Å². The van der Waals surface area contributed by atoms with E-state index >= 15 is 0 Å². The maximum absolute atomic E-state index is 5.94. The van der Waals surface area contributed by atoms with Crippen LogP contribution in [0.5, 0.6) is 0 Å². The van der Waals surface area contributed by atoms with Gasteiger partial charge in [0.15, 0.2) is 0 Å². The number of nitrogens with two attached hydrogens (primary N) is 1. The zero-order valence-corrected chi connectivity index (χ0v) is 10.2. The van der Waals surface area contributed by atoms with Crippen LogP contribution in [0.25, 0.3) is 10.9 Å². The molecule has 3 nitrogen and oxygen atoms in total. The fraction of sp³-hybridized carbons (Fsp3) is 0.429. The number of rotatable bonds is 2. The lowest BCUT2D eigenvalue weighted by Crippen LogP contribution is -2.26. The van der Waals surface area contributed by atoms with E-state index in [2.05, 4.69) is 41.2 Å². The average Bonchev–Trinajstić information content (AvgIpc) is 2.86. The van der Waals surface area contributed by atoms with E-state index in [0.29, 0.717) is 6.04 Å². The molecule has 2 heterocycles. The summed E-state index contributed by atoms with van der Waals surface area (Å²) >= 11 is 0. The molecule has 0 unspecified atom stereocenters. The number of aryl methyl sites for hydroxylation is 1. The van der Waals surface area contributed by atoms with Crippen molar-refractivity contribution in [3.63, 3.8) is 0 Å². The lowest BCUT2D eigenvalue weighted by Gasteiger charge is -2.14. The Balaban J connectivity index is 1.85. The molecule has 0 amide bonds. The van der Waals surface area contributed by atoms with Gasteiger partial charge in [-0.25, -0.2) is 0 Å². The van der Waals surface area contributed by atoms with E-state index in [0.717, 1.165) is 26.1 Å². The van der Waals surface area contributed by atoms with E-state index in [1.165, 1.54) is 22.0 Å². The Morgan fingerprint density at radius 1 is 1.47 bits per heavy atom. The topological polar surface area (TPSA) is 45.0 Å². The Morgan fingerprint density at radius 3 is 3.12 bits per heavy atom. The lowest BCUT2D eigenvalue weighted by molar-refractivity contribution is 0.328. The van der Waals surface area contributed by atoms with Crippen molar-refractivity contribution in [2.45, 2.75) is 25.9 Å². The van der Waals surface area contributed by atoms with Gasteiger partial charge in [-0.05, 0) is 30.5 Å². The van der Waals surface area contributed by atoms with Crippen molar-refractivity contribution >= 4 is 10.9 Å². The summed E-state index contributed by atoms with van der Waals surface area (Å²) in [5.41, 5.74) is 9.86. The Kier molecular flexibility index (Phi) is 2.65. The van der Waals surface area contributed by atoms with Crippen LogP contribution in [0.4, 0.5) is 0 Å². The monoisotopic (exact) mass is 229 g/mol. The molecule has 0 bridgehead atoms. The average molecular weight is 229 g/mol. The number of aromatic nitrogens is 1. The second-order valence-electron chi connectivity index (χ2n) is 5.15. The van der Waals surface area contributed by atoms with Gasteiger partial charge in [-0.1, -0.05) is 12.1 Å². The second kappa shape index (κ2) is 4.17. The first kappa shape index (κ1) is 10.8. The summed E-state index contributed by atoms with van der Waals surface area (Å²) in [6.07, 6.45) is 3.26. The van der Waals surface area contributed by atoms with Crippen molar-refractivity contribution in [2.75, 3.05) is 13.1 Å². The summed E-state index contributed by atoms with van der Waals surface area (Å²) in [6.45, 7) is 5.29. The number of nitrogens with zero attached hydrogens (tertiary/aromatic N) is 1. The summed E-state index contributed by atoms with van der Waals surface area (Å²) in [4.78, 5) is 5.79. The van der Waals surface area contributed by atoms with Crippen LogP contribution in [0.2, 0.25) is 0 Å². The van der Waals surface area contributed by atoms with E-state index < -0.39 is 0 Å². The second-order valence-corrected chi connectivity index (χ2v) is 5.15. The molecule has 0 radical (unpaired) electrons. The third-order valence-corrected chi connectivity index (χ3v) is 3.63. The van der Waals surface area contributed by atoms with Gasteiger partial charge in [-0.2, -0.15) is 0 Å². The molecule has 1 aromatic carbocycles. The fourth-order valence-electron chi connectivity index (χ4n) is 2.68. The van der Waals surface area contributed by atoms with Gasteiger partial charge < -0.3 is 10.7 Å². The van der Waals surface area contributed by atoms with Crippen molar-refractivity contribution in [1.82, 2.24) is 9.88 Å². The highest BCUT2D eigenvalue weighted by Gasteiger charge is 2.19. The smallest absolute Gasteiger partial charge is 0.0459 e. The van der Waals surface area contributed by atoms with Gasteiger partial charge in [0, 0.05) is 42.8 Å². The van der Waals surface area contributed by atoms with E-state index in [1.54, 1.807) is 0 Å². The third kappa shape index (κ3) is 2.08. The van der Waals surface area contributed by atoms with Gasteiger partial charge in [0.05, 0.1) is 0 Å². The number of likely N-dealkylation sites (tertiary alicyclic amines) is 1. The summed E-state index contributed by atoms with van der Waals surface area (Å²) < 4.78 is 0. The molecule has 1 aliphatic heterocycles. The molecular formula is C14H19N3. The SMILES string of the molecule is Cc1ccc2c(CN3CC[C@@H](N)C3)c[nH]c2c1. The van der Waals surface area contributed by atoms with Crippen molar-refractivity contribution in [1.29, 1.82) is 0 Å². The molecule has 1 saturated heterocycles. The molecule has 3 N–H and O–H groups in total. The maximum atomic E-state index is 5.94. The first-order valence-corrected chi connectivity index (χ1v) is 6.27. The van der Waals surface area contributed by atoms with Crippen molar-refractivity contribution in [2.24, 2.45) is 5.73 Å². The minimum Gasteiger partial charge on any atom is -0.361 e. The van der Waals surface area contributed by atoms with Crippen LogP contribution >= 0.6 is 0 Å². The van der Waals surface area contributed by atoms with Crippen LogP contribution in [0.15, 0.2) is 24.4 Å². The van der Waals surface area contributed by atoms with Crippen LogP contribution in [-0.2, 0) is 6.54 Å². The van der Waals surface area contributed by atoms with E-state index in [4.69, 9.17) is 5.73 Å².